The summed E-state index contributed by atoms with van der Waals surface area (Å²) in [6.07, 6.45) is 3.93. The summed E-state index contributed by atoms with van der Waals surface area (Å²) in [5.41, 5.74) is 3.43. The molecule has 0 amide bonds. The number of rotatable bonds is 1. The molecule has 96 valence electrons. The highest BCUT2D eigenvalue weighted by Crippen LogP contribution is 2.38. The van der Waals surface area contributed by atoms with Crippen LogP contribution in [0.4, 0.5) is 0 Å². The normalized spacial score (nSPS) is 11.9. The Balaban J connectivity index is 2.02. The summed E-state index contributed by atoms with van der Waals surface area (Å²) >= 11 is 17.5. The van der Waals surface area contributed by atoms with E-state index in [1.54, 1.807) is 12.1 Å². The highest BCUT2D eigenvalue weighted by molar-refractivity contribution is 6.66. The summed E-state index contributed by atoms with van der Waals surface area (Å²) in [7, 11) is 0. The number of nitrogens with zero attached hydrogens (tertiary/aromatic N) is 2. The van der Waals surface area contributed by atoms with E-state index in [9.17, 15) is 0 Å². The Morgan fingerprint density at radius 1 is 0.947 bits per heavy atom. The number of imidazole rings is 1. The van der Waals surface area contributed by atoms with E-state index in [0.29, 0.717) is 5.56 Å². The second-order valence-electron chi connectivity index (χ2n) is 4.17. The maximum atomic E-state index is 5.83. The highest BCUT2D eigenvalue weighted by atomic mass is 35.6. The first-order valence-electron chi connectivity index (χ1n) is 5.65. The van der Waals surface area contributed by atoms with E-state index in [-0.39, 0.29) is 0 Å². The van der Waals surface area contributed by atoms with Gasteiger partial charge in [-0.3, -0.25) is 0 Å². The van der Waals surface area contributed by atoms with Crippen molar-refractivity contribution in [2.45, 2.75) is 3.79 Å². The highest BCUT2D eigenvalue weighted by Gasteiger charge is 2.22. The quantitative estimate of drug-likeness (QED) is 0.588. The summed E-state index contributed by atoms with van der Waals surface area (Å²) in [6.45, 7) is 0. The van der Waals surface area contributed by atoms with Gasteiger partial charge in [-0.1, -0.05) is 65.1 Å². The van der Waals surface area contributed by atoms with Crippen molar-refractivity contribution in [3.63, 3.8) is 0 Å². The summed E-state index contributed by atoms with van der Waals surface area (Å²) < 4.78 is 0.579. The molecule has 0 atom stereocenters. The van der Waals surface area contributed by atoms with E-state index in [4.69, 9.17) is 34.8 Å². The molecule has 0 unspecified atom stereocenters. The molecule has 2 aromatic heterocycles. The van der Waals surface area contributed by atoms with Gasteiger partial charge >= 0.3 is 0 Å². The van der Waals surface area contributed by atoms with Gasteiger partial charge in [0.25, 0.3) is 0 Å². The minimum Gasteiger partial charge on any atom is -0.306 e. The first-order chi connectivity index (χ1) is 9.04. The van der Waals surface area contributed by atoms with Crippen LogP contribution in [0, 0.1) is 0 Å². The number of hydrogen-bond donors (Lipinski definition) is 0. The summed E-state index contributed by atoms with van der Waals surface area (Å²) in [5, 5.41) is 0. The molecule has 0 aliphatic carbocycles. The van der Waals surface area contributed by atoms with Crippen LogP contribution in [0.1, 0.15) is 5.56 Å². The molecule has 3 rings (SSSR count). The maximum absolute atomic E-state index is 5.83. The lowest BCUT2D eigenvalue weighted by Crippen LogP contribution is -1.98. The lowest BCUT2D eigenvalue weighted by Gasteiger charge is -2.10. The van der Waals surface area contributed by atoms with Gasteiger partial charge in [0.1, 0.15) is 5.65 Å². The predicted molar refractivity (Wildman–Crippen MR) is 79.9 cm³/mol. The maximum Gasteiger partial charge on any atom is 0.216 e. The number of halogens is 3. The van der Waals surface area contributed by atoms with E-state index in [1.165, 1.54) is 0 Å². The van der Waals surface area contributed by atoms with Crippen LogP contribution in [0.3, 0.4) is 0 Å². The Bertz CT molecular complexity index is 678. The summed E-state index contributed by atoms with van der Waals surface area (Å²) in [5.74, 6) is 0. The number of alkyl halides is 3. The average Bonchev–Trinajstić information content (AvgIpc) is 2.81. The van der Waals surface area contributed by atoms with Crippen molar-refractivity contribution in [1.29, 1.82) is 0 Å². The average molecular weight is 312 g/mol. The molecule has 0 fully saturated rings. The van der Waals surface area contributed by atoms with Gasteiger partial charge in [-0.15, -0.1) is 0 Å². The lowest BCUT2D eigenvalue weighted by molar-refractivity contribution is 1.19. The fourth-order valence-corrected chi connectivity index (χ4v) is 2.28. The fourth-order valence-electron chi connectivity index (χ4n) is 1.90. The van der Waals surface area contributed by atoms with Crippen molar-refractivity contribution >= 4 is 40.4 Å². The van der Waals surface area contributed by atoms with Crippen LogP contribution in [0.15, 0.2) is 54.9 Å². The van der Waals surface area contributed by atoms with Gasteiger partial charge in [-0.2, -0.15) is 0 Å². The molecule has 2 heterocycles. The molecule has 0 saturated carbocycles. The van der Waals surface area contributed by atoms with Crippen LogP contribution < -0.4 is 0 Å². The third-order valence-electron chi connectivity index (χ3n) is 2.87. The molecule has 5 heteroatoms. The van der Waals surface area contributed by atoms with Gasteiger partial charge in [0.05, 0.1) is 5.69 Å². The second kappa shape index (κ2) is 4.71. The molecule has 0 aliphatic rings. The Morgan fingerprint density at radius 3 is 2.32 bits per heavy atom. The molecule has 0 radical (unpaired) electrons. The number of aromatic nitrogens is 2. The van der Waals surface area contributed by atoms with Crippen molar-refractivity contribution in [2.24, 2.45) is 0 Å². The fraction of sp³-hybridized carbons (Fsp3) is 0.0714. The summed E-state index contributed by atoms with van der Waals surface area (Å²) in [6, 6.07) is 13.3. The number of fused-ring (bicyclic) bond motifs is 1. The van der Waals surface area contributed by atoms with Crippen molar-refractivity contribution < 1.29 is 0 Å². The van der Waals surface area contributed by atoms with E-state index in [0.717, 1.165) is 16.9 Å². The molecule has 2 nitrogen and oxygen atoms in total. The molecule has 19 heavy (non-hydrogen) atoms. The molecular formula is C14H9Cl3N2. The standard InChI is InChI=1S/C14H9Cl3N2/c15-14(16,17)11-6-4-10(5-7-11)12-9-19-8-2-1-3-13(19)18-12/h1-9H. The number of benzene rings is 1. The predicted octanol–water partition coefficient (Wildman–Crippen LogP) is 4.83. The van der Waals surface area contributed by atoms with Gasteiger partial charge in [0.15, 0.2) is 0 Å². The Labute approximate surface area is 125 Å². The Hall–Kier alpha value is -1.22. The Kier molecular flexibility index (Phi) is 3.17. The Morgan fingerprint density at radius 2 is 1.68 bits per heavy atom. The molecule has 1 aromatic carbocycles. The lowest BCUT2D eigenvalue weighted by atomic mass is 10.1. The third-order valence-corrected chi connectivity index (χ3v) is 3.53. The minimum atomic E-state index is -1.39. The molecule has 0 N–H and O–H groups in total. The van der Waals surface area contributed by atoms with Crippen LogP contribution in [-0.4, -0.2) is 9.38 Å². The monoisotopic (exact) mass is 310 g/mol. The van der Waals surface area contributed by atoms with E-state index in [2.05, 4.69) is 4.98 Å². The van der Waals surface area contributed by atoms with Crippen LogP contribution in [0.25, 0.3) is 16.9 Å². The molecule has 3 aromatic rings. The SMILES string of the molecule is ClC(Cl)(Cl)c1ccc(-c2cn3ccccc3n2)cc1. The van der Waals surface area contributed by atoms with Gasteiger partial charge in [0.2, 0.25) is 3.79 Å². The smallest absolute Gasteiger partial charge is 0.216 e. The molecular weight excluding hydrogens is 303 g/mol. The van der Waals surface area contributed by atoms with Crippen LogP contribution >= 0.6 is 34.8 Å². The van der Waals surface area contributed by atoms with Gasteiger partial charge in [0, 0.05) is 23.5 Å². The number of hydrogen-bond acceptors (Lipinski definition) is 1. The van der Waals surface area contributed by atoms with Crippen molar-refractivity contribution in [1.82, 2.24) is 9.38 Å². The second-order valence-corrected chi connectivity index (χ2v) is 6.45. The van der Waals surface area contributed by atoms with E-state index >= 15 is 0 Å². The van der Waals surface area contributed by atoms with Crippen LogP contribution in [0.5, 0.6) is 0 Å². The largest absolute Gasteiger partial charge is 0.306 e. The molecule has 0 aliphatic heterocycles. The minimum absolute atomic E-state index is 0.644. The van der Waals surface area contributed by atoms with Crippen molar-refractivity contribution in [3.05, 3.63) is 60.4 Å². The third kappa shape index (κ3) is 2.57. The molecule has 0 bridgehead atoms. The van der Waals surface area contributed by atoms with Crippen molar-refractivity contribution in [2.75, 3.05) is 0 Å². The molecule has 0 saturated heterocycles. The molecule has 0 spiro atoms. The number of pyridine rings is 1. The van der Waals surface area contributed by atoms with E-state index < -0.39 is 3.79 Å². The van der Waals surface area contributed by atoms with E-state index in [1.807, 2.05) is 47.1 Å². The zero-order chi connectivity index (χ0) is 13.5. The van der Waals surface area contributed by atoms with Crippen LogP contribution in [0.2, 0.25) is 0 Å². The zero-order valence-corrected chi connectivity index (χ0v) is 12.0. The zero-order valence-electron chi connectivity index (χ0n) is 9.72. The topological polar surface area (TPSA) is 17.3 Å². The first kappa shape index (κ1) is 12.8. The summed E-state index contributed by atoms with van der Waals surface area (Å²) in [4.78, 5) is 4.54. The van der Waals surface area contributed by atoms with Gasteiger partial charge in [-0.05, 0) is 12.1 Å². The van der Waals surface area contributed by atoms with Crippen molar-refractivity contribution in [3.8, 4) is 11.3 Å². The van der Waals surface area contributed by atoms with Crippen LogP contribution in [-0.2, 0) is 3.79 Å². The van der Waals surface area contributed by atoms with Gasteiger partial charge < -0.3 is 4.40 Å². The first-order valence-corrected chi connectivity index (χ1v) is 6.79. The van der Waals surface area contributed by atoms with Gasteiger partial charge in [-0.25, -0.2) is 4.98 Å².